The van der Waals surface area contributed by atoms with Crippen LogP contribution in [0.5, 0.6) is 0 Å². The van der Waals surface area contributed by atoms with Gasteiger partial charge in [-0.15, -0.1) is 0 Å². The zero-order chi connectivity index (χ0) is 69.9. The maximum Gasteiger partial charge on any atom is 0.306 e. The fourth-order valence-corrected chi connectivity index (χ4v) is 14.5. The molecule has 3 aliphatic rings. The Balaban J connectivity index is 0.000000366. The van der Waals surface area contributed by atoms with E-state index >= 15 is 0 Å². The zero-order valence-electron chi connectivity index (χ0n) is 60.2. The molecule has 0 spiro atoms. The van der Waals surface area contributed by atoms with Crippen LogP contribution in [0.4, 0.5) is 0 Å². The Kier molecular flexibility index (Phi) is 44.3. The molecule has 3 fully saturated rings. The van der Waals surface area contributed by atoms with E-state index in [9.17, 15) is 39.9 Å². The van der Waals surface area contributed by atoms with Crippen LogP contribution in [-0.2, 0) is 47.9 Å². The number of rotatable bonds is 39. The van der Waals surface area contributed by atoms with Gasteiger partial charge in [-0.2, -0.15) is 0 Å². The predicted octanol–water partition coefficient (Wildman–Crippen LogP) is 17.8. The van der Waals surface area contributed by atoms with Crippen molar-refractivity contribution >= 4 is 29.7 Å². The number of carbonyl (C=O) groups is 3. The van der Waals surface area contributed by atoms with Gasteiger partial charge in [-0.05, 0) is 270 Å². The number of aliphatic hydroxyl groups is 5. The summed E-state index contributed by atoms with van der Waals surface area (Å²) in [6.45, 7) is 20.6. The van der Waals surface area contributed by atoms with Crippen LogP contribution in [0.1, 0.15) is 240 Å². The van der Waals surface area contributed by atoms with E-state index in [0.717, 1.165) is 89.9 Å². The number of esters is 3. The summed E-state index contributed by atoms with van der Waals surface area (Å²) in [5.74, 6) is 4.19. The van der Waals surface area contributed by atoms with Gasteiger partial charge in [0.15, 0.2) is 0 Å². The van der Waals surface area contributed by atoms with Gasteiger partial charge in [0.05, 0.1) is 48.8 Å². The van der Waals surface area contributed by atoms with Gasteiger partial charge in [0.25, 0.3) is 0 Å². The molecule has 95 heavy (non-hydrogen) atoms. The van der Waals surface area contributed by atoms with E-state index in [4.69, 9.17) is 14.2 Å². The molecule has 0 bridgehead atoms. The smallest absolute Gasteiger partial charge is 0.306 e. The van der Waals surface area contributed by atoms with Crippen molar-refractivity contribution in [2.45, 2.75) is 291 Å². The van der Waals surface area contributed by atoms with Crippen molar-refractivity contribution in [3.05, 3.63) is 144 Å². The normalized spacial score (nSPS) is 24.3. The third-order valence-electron chi connectivity index (χ3n) is 19.8. The Bertz CT molecular complexity index is 2250. The molecule has 3 aliphatic carbocycles. The van der Waals surface area contributed by atoms with E-state index in [0.29, 0.717) is 98.7 Å². The Labute approximate surface area is 580 Å². The largest absolute Gasteiger partial charge is 0.463 e. The van der Waals surface area contributed by atoms with Crippen molar-refractivity contribution in [1.82, 2.24) is 0 Å². The molecule has 15 atom stereocenters. The number of aryl methyl sites for hydroxylation is 3. The number of allylic oxidation sites excluding steroid dienone is 6. The van der Waals surface area contributed by atoms with Gasteiger partial charge in [0.2, 0.25) is 0 Å². The zero-order valence-corrected chi connectivity index (χ0v) is 61.0. The first-order valence-electron chi connectivity index (χ1n) is 36.9. The maximum atomic E-state index is 11.6. The highest BCUT2D eigenvalue weighted by Gasteiger charge is 2.42. The van der Waals surface area contributed by atoms with Crippen LogP contribution < -0.4 is 5.25 Å². The van der Waals surface area contributed by atoms with Crippen molar-refractivity contribution < 1.29 is 54.1 Å². The number of aliphatic hydroxyl groups excluding tert-OH is 5. The molecule has 6 rings (SSSR count). The average Bonchev–Trinajstić information content (AvgIpc) is 1.72. The van der Waals surface area contributed by atoms with E-state index in [1.165, 1.54) is 48.8 Å². The maximum absolute atomic E-state index is 11.6. The summed E-state index contributed by atoms with van der Waals surface area (Å²) in [6.07, 6.45) is 34.9. The van der Waals surface area contributed by atoms with Crippen LogP contribution in [-0.4, -0.2) is 92.3 Å². The van der Waals surface area contributed by atoms with E-state index in [1.807, 2.05) is 65.8 Å². The molecule has 0 heterocycles. The molecule has 12 nitrogen and oxygen atoms in total. The van der Waals surface area contributed by atoms with E-state index < -0.39 is 18.3 Å². The van der Waals surface area contributed by atoms with E-state index in [1.54, 1.807) is 0 Å². The molecule has 13 heteroatoms. The second-order valence-corrected chi connectivity index (χ2v) is 29.0. The number of benzene rings is 3. The fourth-order valence-electron chi connectivity index (χ4n) is 14.5. The summed E-state index contributed by atoms with van der Waals surface area (Å²) in [5.41, 5.74) is 4.07. The van der Waals surface area contributed by atoms with Gasteiger partial charge >= 0.3 is 17.9 Å². The van der Waals surface area contributed by atoms with Gasteiger partial charge in [-0.25, -0.2) is 5.25 Å². The Morgan fingerprint density at radius 1 is 0.421 bits per heavy atom. The standard InChI is InChI=1S/2C28H44O3.C26H40O5.ClH2N/c1-21(2)31-28(30)15-11-6-5-10-14-26-25(23(4)20-27(26)29)19-17-22(3)16-18-24-12-8-7-9-13-24;1-21(2)31-28(30)15-11-6-5-10-14-25-23(4)20-27(29)26(25)19-17-22(3)16-18-24-12-8-7-9-13-24;1-19(2)31-26(30)13-9-4-3-8-12-22-23(25(29)18-24(22)28)17-16-21(27)15-14-20-10-6-5-7-11-20;1-2/h2*5,7-10,12-13,21-23,25-27,29H,6,11,14-20H2,1-4H3;3,5-8,10-11,19,21-25,27-29H,4,9,12-18H2,1-2H3;2H2/b2*10-5-;8-3-;/t22-,23+,25-,26+,27-;22-,23-,25-,26+,27+;21-,22+,23+,24-,25+;/m000./s1. The van der Waals surface area contributed by atoms with Gasteiger partial charge in [0, 0.05) is 19.3 Å². The SMILES string of the molecule is CC(C)OC(=O)CCC/C=C\C[C@@H]1[C@@H](CC[C@@H](C)CCc2ccccc2)[C@H](C)C[C@@H]1O.CC(C)OC(=O)CCC/C=C\C[C@@H]1[C@@H](CC[C@@H](C)CCc2ccccc2)[C@H](O)C[C@@H]1C.CC(C)OC(=O)CCC/C=C\C[C@@H]1[C@@H](CC[C@@H](O)CCc2ccccc2)[C@H](O)C[C@@H]1O.NCl. The summed E-state index contributed by atoms with van der Waals surface area (Å²) < 4.78 is 15.5. The molecule has 0 aliphatic heterocycles. The lowest BCUT2D eigenvalue weighted by atomic mass is 9.81. The third kappa shape index (κ3) is 36.7. The molecule has 3 saturated carbocycles. The lowest BCUT2D eigenvalue weighted by Gasteiger charge is -2.24. The lowest BCUT2D eigenvalue weighted by Crippen LogP contribution is -2.23. The van der Waals surface area contributed by atoms with E-state index in [2.05, 4.69) is 148 Å². The predicted molar refractivity (Wildman–Crippen MR) is 390 cm³/mol. The third-order valence-corrected chi connectivity index (χ3v) is 19.8. The second-order valence-electron chi connectivity index (χ2n) is 29.0. The lowest BCUT2D eigenvalue weighted by molar-refractivity contribution is -0.148. The first-order chi connectivity index (χ1) is 45.6. The molecule has 0 unspecified atom stereocenters. The summed E-state index contributed by atoms with van der Waals surface area (Å²) in [6, 6.07) is 31.6. The summed E-state index contributed by atoms with van der Waals surface area (Å²) in [5, 5.41) is 56.4. The van der Waals surface area contributed by atoms with Crippen molar-refractivity contribution in [2.75, 3.05) is 0 Å². The van der Waals surface area contributed by atoms with Crippen molar-refractivity contribution in [1.29, 1.82) is 0 Å². The molecule has 3 aromatic carbocycles. The summed E-state index contributed by atoms with van der Waals surface area (Å²) in [7, 11) is 0. The average molecular weight is 1340 g/mol. The highest BCUT2D eigenvalue weighted by Crippen LogP contribution is 2.44. The number of carbonyl (C=O) groups excluding carboxylic acids is 3. The number of hydrogen-bond donors (Lipinski definition) is 6. The number of unbranched alkanes of at least 4 members (excludes halogenated alkanes) is 3. The fraction of sp³-hybridized carbons (Fsp3) is 0.671. The molecule has 7 N–H and O–H groups in total. The monoisotopic (exact) mass is 1340 g/mol. The molecule has 0 amide bonds. The quantitative estimate of drug-likeness (QED) is 0.0104. The molecular weight excluding hydrogens is 1210 g/mol. The minimum absolute atomic E-state index is 0.00652. The van der Waals surface area contributed by atoms with Gasteiger partial charge in [-0.1, -0.05) is 168 Å². The Morgan fingerprint density at radius 2 is 0.726 bits per heavy atom. The Morgan fingerprint density at radius 3 is 1.13 bits per heavy atom. The highest BCUT2D eigenvalue weighted by molar-refractivity contribution is 6.11. The van der Waals surface area contributed by atoms with Gasteiger partial charge in [-0.3, -0.25) is 14.4 Å². The molecule has 3 aromatic rings. The van der Waals surface area contributed by atoms with Crippen molar-refractivity contribution in [3.8, 4) is 0 Å². The van der Waals surface area contributed by atoms with Gasteiger partial charge in [0.1, 0.15) is 0 Å². The highest BCUT2D eigenvalue weighted by atomic mass is 35.5. The first kappa shape index (κ1) is 84.6. The van der Waals surface area contributed by atoms with Gasteiger partial charge < -0.3 is 39.7 Å². The summed E-state index contributed by atoms with van der Waals surface area (Å²) in [4.78, 5) is 34.7. The molecule has 0 radical (unpaired) electrons. The number of hydrogen-bond acceptors (Lipinski definition) is 12. The van der Waals surface area contributed by atoms with Crippen LogP contribution in [0.3, 0.4) is 0 Å². The molecular formula is C82H130ClNO11. The summed E-state index contributed by atoms with van der Waals surface area (Å²) >= 11 is 4.14. The molecule has 536 valence electrons. The number of ether oxygens (including phenoxy) is 3. The Hall–Kier alpha value is -4.66. The van der Waals surface area contributed by atoms with Crippen molar-refractivity contribution in [2.24, 2.45) is 64.4 Å². The number of halogens is 1. The van der Waals surface area contributed by atoms with Crippen LogP contribution in [0.2, 0.25) is 0 Å². The second kappa shape index (κ2) is 49.8. The van der Waals surface area contributed by atoms with Crippen LogP contribution >= 0.6 is 11.8 Å². The van der Waals surface area contributed by atoms with E-state index in [-0.39, 0.29) is 60.3 Å². The van der Waals surface area contributed by atoms with Crippen LogP contribution in [0, 0.1) is 59.2 Å². The minimum atomic E-state index is -0.513. The molecule has 0 saturated heterocycles. The van der Waals surface area contributed by atoms with Crippen LogP contribution in [0.25, 0.3) is 0 Å². The first-order valence-corrected chi connectivity index (χ1v) is 37.3. The van der Waals surface area contributed by atoms with Crippen molar-refractivity contribution in [3.63, 3.8) is 0 Å². The molecule has 0 aromatic heterocycles. The topological polar surface area (TPSA) is 206 Å². The minimum Gasteiger partial charge on any atom is -0.463 e. The number of nitrogens with two attached hydrogens (primary N) is 1. The van der Waals surface area contributed by atoms with Crippen LogP contribution in [0.15, 0.2) is 127 Å².